The number of rotatable bonds is 6. The number of methoxy groups -OCH3 is 1. The second-order valence-corrected chi connectivity index (χ2v) is 9.34. The van der Waals surface area contributed by atoms with Crippen molar-refractivity contribution >= 4 is 45.4 Å². The maximum Gasteiger partial charge on any atom is 0.258 e. The summed E-state index contributed by atoms with van der Waals surface area (Å²) in [6.07, 6.45) is 5.32. The van der Waals surface area contributed by atoms with Gasteiger partial charge in [0.05, 0.1) is 19.1 Å². The van der Waals surface area contributed by atoms with Crippen LogP contribution in [0.1, 0.15) is 45.6 Å². The molecule has 0 aliphatic heterocycles. The molecule has 0 radical (unpaired) electrons. The number of benzene rings is 2. The highest BCUT2D eigenvalue weighted by atomic mass is 35.5. The van der Waals surface area contributed by atoms with Crippen LogP contribution in [0.2, 0.25) is 5.02 Å². The van der Waals surface area contributed by atoms with E-state index in [2.05, 4.69) is 10.6 Å². The number of hydrogen-bond donors (Lipinski definition) is 2. The van der Waals surface area contributed by atoms with Crippen LogP contribution in [-0.4, -0.2) is 18.9 Å². The third-order valence-electron chi connectivity index (χ3n) is 5.53. The lowest BCUT2D eigenvalue weighted by Gasteiger charge is -2.10. The number of amides is 2. The number of thiophene rings is 1. The van der Waals surface area contributed by atoms with Crippen LogP contribution in [0.5, 0.6) is 5.75 Å². The smallest absolute Gasteiger partial charge is 0.258 e. The molecule has 0 bridgehead atoms. The number of carbonyl (C=O) groups excluding carboxylic acids is 2. The maximum absolute atomic E-state index is 13.3. The lowest BCUT2D eigenvalue weighted by atomic mass is 10.0. The standard InChI is InChI=1S/C25H25ClN2O3S/c1-31-19-13-7-16(8-14-19)15-22(29)28-25-23(20-5-3-2-4-6-21(20)32-25)24(30)27-18-11-9-17(26)10-12-18/h7-14H,2-6,15H2,1H3,(H,27,30)(H,28,29). The molecule has 1 aliphatic rings. The highest BCUT2D eigenvalue weighted by Crippen LogP contribution is 2.38. The highest BCUT2D eigenvalue weighted by Gasteiger charge is 2.26. The molecule has 1 heterocycles. The molecule has 0 saturated heterocycles. The van der Waals surface area contributed by atoms with Crippen molar-refractivity contribution in [2.45, 2.75) is 38.5 Å². The van der Waals surface area contributed by atoms with Crippen LogP contribution in [0.15, 0.2) is 48.5 Å². The average molecular weight is 469 g/mol. The molecule has 3 aromatic rings. The Morgan fingerprint density at radius 1 is 0.969 bits per heavy atom. The van der Waals surface area contributed by atoms with Crippen LogP contribution in [0.25, 0.3) is 0 Å². The highest BCUT2D eigenvalue weighted by molar-refractivity contribution is 7.17. The SMILES string of the molecule is COc1ccc(CC(=O)Nc2sc3c(c2C(=O)Nc2ccc(Cl)cc2)CCCCC3)cc1. The molecule has 166 valence electrons. The van der Waals surface area contributed by atoms with E-state index < -0.39 is 0 Å². The van der Waals surface area contributed by atoms with Gasteiger partial charge in [0.1, 0.15) is 10.8 Å². The fourth-order valence-corrected chi connectivity index (χ4v) is 5.33. The average Bonchev–Trinajstić information content (AvgIpc) is 2.96. The fraction of sp³-hybridized carbons (Fsp3) is 0.280. The Morgan fingerprint density at radius 2 is 1.69 bits per heavy atom. The zero-order chi connectivity index (χ0) is 22.5. The molecule has 4 rings (SSSR count). The van der Waals surface area contributed by atoms with Crippen LogP contribution in [-0.2, 0) is 24.1 Å². The number of nitrogens with one attached hydrogen (secondary N) is 2. The third kappa shape index (κ3) is 5.31. The van der Waals surface area contributed by atoms with Crippen molar-refractivity contribution in [1.29, 1.82) is 0 Å². The van der Waals surface area contributed by atoms with Crippen LogP contribution in [0.4, 0.5) is 10.7 Å². The van der Waals surface area contributed by atoms with Gasteiger partial charge in [-0.05, 0) is 73.2 Å². The largest absolute Gasteiger partial charge is 0.497 e. The van der Waals surface area contributed by atoms with E-state index in [9.17, 15) is 9.59 Å². The van der Waals surface area contributed by atoms with Crippen molar-refractivity contribution < 1.29 is 14.3 Å². The molecule has 32 heavy (non-hydrogen) atoms. The number of halogens is 1. The normalized spacial score (nSPS) is 13.1. The van der Waals surface area contributed by atoms with E-state index in [-0.39, 0.29) is 18.2 Å². The first-order valence-corrected chi connectivity index (χ1v) is 11.9. The minimum Gasteiger partial charge on any atom is -0.497 e. The van der Waals surface area contributed by atoms with E-state index in [1.807, 2.05) is 24.3 Å². The Labute approximate surface area is 196 Å². The van der Waals surface area contributed by atoms with E-state index in [0.717, 1.165) is 49.0 Å². The molecule has 0 saturated carbocycles. The zero-order valence-corrected chi connectivity index (χ0v) is 19.4. The van der Waals surface area contributed by atoms with Crippen LogP contribution >= 0.6 is 22.9 Å². The van der Waals surface area contributed by atoms with Gasteiger partial charge < -0.3 is 15.4 Å². The molecule has 2 aromatic carbocycles. The summed E-state index contributed by atoms with van der Waals surface area (Å²) in [5.74, 6) is 0.399. The van der Waals surface area contributed by atoms with Crippen LogP contribution < -0.4 is 15.4 Å². The number of hydrogen-bond acceptors (Lipinski definition) is 4. The van der Waals surface area contributed by atoms with Gasteiger partial charge >= 0.3 is 0 Å². The number of fused-ring (bicyclic) bond motifs is 1. The van der Waals surface area contributed by atoms with Gasteiger partial charge in [-0.15, -0.1) is 11.3 Å². The summed E-state index contributed by atoms with van der Waals surface area (Å²) < 4.78 is 5.17. The van der Waals surface area contributed by atoms with Gasteiger partial charge in [-0.1, -0.05) is 30.2 Å². The minimum absolute atomic E-state index is 0.146. The van der Waals surface area contributed by atoms with Crippen LogP contribution in [0, 0.1) is 0 Å². The molecule has 0 unspecified atom stereocenters. The molecular formula is C25H25ClN2O3S. The molecular weight excluding hydrogens is 444 g/mol. The second kappa shape index (κ2) is 10.2. The van der Waals surface area contributed by atoms with Crippen molar-refractivity contribution in [3.05, 3.63) is 75.1 Å². The van der Waals surface area contributed by atoms with E-state index >= 15 is 0 Å². The Kier molecular flexibility index (Phi) is 7.12. The quantitative estimate of drug-likeness (QED) is 0.429. The van der Waals surface area contributed by atoms with Gasteiger partial charge in [0.25, 0.3) is 5.91 Å². The summed E-state index contributed by atoms with van der Waals surface area (Å²) >= 11 is 7.49. The summed E-state index contributed by atoms with van der Waals surface area (Å²) in [6.45, 7) is 0. The topological polar surface area (TPSA) is 67.4 Å². The van der Waals surface area contributed by atoms with E-state index in [1.165, 1.54) is 16.2 Å². The van der Waals surface area contributed by atoms with Gasteiger partial charge in [-0.2, -0.15) is 0 Å². The number of aryl methyl sites for hydroxylation is 1. The Hall–Kier alpha value is -2.83. The minimum atomic E-state index is -0.202. The summed E-state index contributed by atoms with van der Waals surface area (Å²) in [5.41, 5.74) is 3.21. The first-order valence-electron chi connectivity index (χ1n) is 10.7. The zero-order valence-electron chi connectivity index (χ0n) is 17.9. The maximum atomic E-state index is 13.3. The first-order chi connectivity index (χ1) is 15.5. The number of ether oxygens (including phenoxy) is 1. The summed E-state index contributed by atoms with van der Waals surface area (Å²) in [7, 11) is 1.61. The van der Waals surface area contributed by atoms with E-state index in [1.54, 1.807) is 31.4 Å². The number of anilines is 2. The Balaban J connectivity index is 1.57. The molecule has 2 amide bonds. The molecule has 5 nitrogen and oxygen atoms in total. The van der Waals surface area contributed by atoms with Crippen molar-refractivity contribution in [3.8, 4) is 5.75 Å². The van der Waals surface area contributed by atoms with Crippen molar-refractivity contribution in [3.63, 3.8) is 0 Å². The summed E-state index contributed by atoms with van der Waals surface area (Å²) in [4.78, 5) is 27.3. The monoisotopic (exact) mass is 468 g/mol. The van der Waals surface area contributed by atoms with Gasteiger partial charge in [0.15, 0.2) is 0 Å². The third-order valence-corrected chi connectivity index (χ3v) is 6.99. The molecule has 1 aromatic heterocycles. The van der Waals surface area contributed by atoms with E-state index in [0.29, 0.717) is 21.3 Å². The predicted molar refractivity (Wildman–Crippen MR) is 130 cm³/mol. The van der Waals surface area contributed by atoms with Gasteiger partial charge in [0.2, 0.25) is 5.91 Å². The van der Waals surface area contributed by atoms with Gasteiger partial charge in [-0.25, -0.2) is 0 Å². The Morgan fingerprint density at radius 3 is 2.41 bits per heavy atom. The predicted octanol–water partition coefficient (Wildman–Crippen LogP) is 6.11. The number of carbonyl (C=O) groups is 2. The van der Waals surface area contributed by atoms with E-state index in [4.69, 9.17) is 16.3 Å². The molecule has 0 atom stereocenters. The fourth-order valence-electron chi connectivity index (χ4n) is 3.90. The molecule has 7 heteroatoms. The van der Waals surface area contributed by atoms with Crippen molar-refractivity contribution in [2.24, 2.45) is 0 Å². The molecule has 1 aliphatic carbocycles. The van der Waals surface area contributed by atoms with Gasteiger partial charge in [-0.3, -0.25) is 9.59 Å². The summed E-state index contributed by atoms with van der Waals surface area (Å²) in [6, 6.07) is 14.4. The molecule has 2 N–H and O–H groups in total. The lowest BCUT2D eigenvalue weighted by Crippen LogP contribution is -2.19. The second-order valence-electron chi connectivity index (χ2n) is 7.80. The Bertz CT molecular complexity index is 1110. The molecule has 0 spiro atoms. The first kappa shape index (κ1) is 22.4. The summed E-state index contributed by atoms with van der Waals surface area (Å²) in [5, 5.41) is 7.21. The van der Waals surface area contributed by atoms with Crippen molar-refractivity contribution in [2.75, 3.05) is 17.7 Å². The molecule has 0 fully saturated rings. The van der Waals surface area contributed by atoms with Crippen LogP contribution in [0.3, 0.4) is 0 Å². The lowest BCUT2D eigenvalue weighted by molar-refractivity contribution is -0.115. The van der Waals surface area contributed by atoms with Crippen molar-refractivity contribution in [1.82, 2.24) is 0 Å². The van der Waals surface area contributed by atoms with Gasteiger partial charge in [0, 0.05) is 15.6 Å².